The first-order valence-corrected chi connectivity index (χ1v) is 9.44. The van der Waals surface area contributed by atoms with Crippen LogP contribution in [0.2, 0.25) is 0 Å². The van der Waals surface area contributed by atoms with Crippen molar-refractivity contribution in [1.82, 2.24) is 4.72 Å². The highest BCUT2D eigenvalue weighted by molar-refractivity contribution is 9.10. The van der Waals surface area contributed by atoms with Crippen LogP contribution in [0.4, 0.5) is 0 Å². The van der Waals surface area contributed by atoms with Crippen LogP contribution in [0.5, 0.6) is 0 Å². The summed E-state index contributed by atoms with van der Waals surface area (Å²) in [6.45, 7) is 1.74. The molecule has 118 valence electrons. The fourth-order valence-electron chi connectivity index (χ4n) is 1.87. The third-order valence-corrected chi connectivity index (χ3v) is 6.13. The van der Waals surface area contributed by atoms with Crippen molar-refractivity contribution in [3.8, 4) is 0 Å². The Morgan fingerprint density at radius 2 is 1.91 bits per heavy atom. The number of thiophene rings is 1. The number of esters is 1. The molecule has 8 heteroatoms. The van der Waals surface area contributed by atoms with Crippen LogP contribution in [0.1, 0.15) is 28.2 Å². The largest absolute Gasteiger partial charge is 0.465 e. The maximum Gasteiger partial charge on any atom is 0.349 e. The number of benzene rings is 1. The number of rotatable bonds is 5. The molecule has 1 N–H and O–H groups in total. The minimum atomic E-state index is -3.81. The fraction of sp³-hybridized carbons (Fsp3) is 0.214. The molecule has 2 rings (SSSR count). The van der Waals surface area contributed by atoms with Crippen molar-refractivity contribution in [3.63, 3.8) is 0 Å². The summed E-state index contributed by atoms with van der Waals surface area (Å²) in [7, 11) is -2.59. The molecule has 22 heavy (non-hydrogen) atoms. The first-order chi connectivity index (χ1) is 10.3. The SMILES string of the molecule is COC(=O)c1sccc1S(=O)(=O)NC(C)c1ccc(Br)cc1. The number of carbonyl (C=O) groups is 1. The number of ether oxygens (including phenoxy) is 1. The Kier molecular flexibility index (Phi) is 5.38. The smallest absolute Gasteiger partial charge is 0.349 e. The molecule has 0 aliphatic carbocycles. The molecule has 1 unspecified atom stereocenters. The van der Waals surface area contributed by atoms with Crippen LogP contribution < -0.4 is 4.72 Å². The lowest BCUT2D eigenvalue weighted by Gasteiger charge is -2.14. The van der Waals surface area contributed by atoms with Gasteiger partial charge in [0.2, 0.25) is 10.0 Å². The average Bonchev–Trinajstić information content (AvgIpc) is 2.97. The van der Waals surface area contributed by atoms with Crippen molar-refractivity contribution in [2.24, 2.45) is 0 Å². The second-order valence-electron chi connectivity index (χ2n) is 4.50. The number of nitrogens with one attached hydrogen (secondary N) is 1. The van der Waals surface area contributed by atoms with E-state index in [-0.39, 0.29) is 9.77 Å². The van der Waals surface area contributed by atoms with Crippen molar-refractivity contribution >= 4 is 43.3 Å². The van der Waals surface area contributed by atoms with E-state index in [2.05, 4.69) is 25.4 Å². The van der Waals surface area contributed by atoms with Gasteiger partial charge in [-0.3, -0.25) is 0 Å². The first kappa shape index (κ1) is 17.1. The predicted octanol–water partition coefficient (Wildman–Crippen LogP) is 3.34. The molecule has 2 aromatic rings. The molecule has 0 amide bonds. The van der Waals surface area contributed by atoms with Crippen LogP contribution in [0.25, 0.3) is 0 Å². The summed E-state index contributed by atoms with van der Waals surface area (Å²) in [6.07, 6.45) is 0. The molecular formula is C14H14BrNO4S2. The molecule has 0 fully saturated rings. The number of carbonyl (C=O) groups excluding carboxylic acids is 1. The normalized spacial score (nSPS) is 12.9. The molecule has 0 aliphatic rings. The van der Waals surface area contributed by atoms with Gasteiger partial charge >= 0.3 is 5.97 Å². The quantitative estimate of drug-likeness (QED) is 0.776. The number of hydrogen-bond acceptors (Lipinski definition) is 5. The molecule has 1 aromatic heterocycles. The van der Waals surface area contributed by atoms with Gasteiger partial charge in [-0.25, -0.2) is 17.9 Å². The molecule has 0 aliphatic heterocycles. The van der Waals surface area contributed by atoms with Crippen molar-refractivity contribution in [1.29, 1.82) is 0 Å². The Morgan fingerprint density at radius 3 is 2.50 bits per heavy atom. The van der Waals surface area contributed by atoms with Gasteiger partial charge in [-0.2, -0.15) is 0 Å². The van der Waals surface area contributed by atoms with E-state index in [1.54, 1.807) is 12.3 Å². The Balaban J connectivity index is 2.26. The second kappa shape index (κ2) is 6.91. The Hall–Kier alpha value is -1.22. The fourth-order valence-corrected chi connectivity index (χ4v) is 4.70. The van der Waals surface area contributed by atoms with E-state index in [0.29, 0.717) is 0 Å². The lowest BCUT2D eigenvalue weighted by Crippen LogP contribution is -2.27. The van der Waals surface area contributed by atoms with Gasteiger partial charge in [0.15, 0.2) is 0 Å². The lowest BCUT2D eigenvalue weighted by atomic mass is 10.1. The van der Waals surface area contributed by atoms with Crippen molar-refractivity contribution in [2.45, 2.75) is 17.9 Å². The minimum absolute atomic E-state index is 0.0617. The van der Waals surface area contributed by atoms with Crippen LogP contribution in [-0.4, -0.2) is 21.5 Å². The van der Waals surface area contributed by atoms with Gasteiger partial charge in [0.05, 0.1) is 7.11 Å². The Bertz CT molecular complexity index is 768. The number of sulfonamides is 1. The highest BCUT2D eigenvalue weighted by Gasteiger charge is 2.26. The van der Waals surface area contributed by atoms with Crippen LogP contribution >= 0.6 is 27.3 Å². The van der Waals surface area contributed by atoms with Crippen LogP contribution in [0.15, 0.2) is 45.1 Å². The third-order valence-electron chi connectivity index (χ3n) is 2.99. The molecule has 0 saturated heterocycles. The van der Waals surface area contributed by atoms with Gasteiger partial charge in [-0.1, -0.05) is 28.1 Å². The summed E-state index contributed by atoms with van der Waals surface area (Å²) < 4.78 is 33.0. The summed E-state index contributed by atoms with van der Waals surface area (Å²) in [5.41, 5.74) is 0.821. The van der Waals surface area contributed by atoms with E-state index in [9.17, 15) is 13.2 Å². The molecule has 0 spiro atoms. The first-order valence-electron chi connectivity index (χ1n) is 6.28. The monoisotopic (exact) mass is 403 g/mol. The molecule has 1 aromatic carbocycles. The lowest BCUT2D eigenvalue weighted by molar-refractivity contribution is 0.0602. The second-order valence-corrected chi connectivity index (χ2v) is 8.01. The van der Waals surface area contributed by atoms with E-state index in [0.717, 1.165) is 21.4 Å². The average molecular weight is 404 g/mol. The summed E-state index contributed by atoms with van der Waals surface area (Å²) in [4.78, 5) is 11.6. The summed E-state index contributed by atoms with van der Waals surface area (Å²) >= 11 is 4.37. The van der Waals surface area contributed by atoms with Crippen LogP contribution in [-0.2, 0) is 14.8 Å². The van der Waals surface area contributed by atoms with Gasteiger partial charge in [-0.05, 0) is 36.1 Å². The van der Waals surface area contributed by atoms with Gasteiger partial charge in [0, 0.05) is 10.5 Å². The zero-order chi connectivity index (χ0) is 16.3. The van der Waals surface area contributed by atoms with E-state index in [1.807, 2.05) is 24.3 Å². The highest BCUT2D eigenvalue weighted by atomic mass is 79.9. The number of halogens is 1. The molecule has 0 saturated carbocycles. The molecule has 1 atom stereocenters. The van der Waals surface area contributed by atoms with Gasteiger partial charge < -0.3 is 4.74 Å². The predicted molar refractivity (Wildman–Crippen MR) is 88.5 cm³/mol. The molecule has 0 radical (unpaired) electrons. The van der Waals surface area contributed by atoms with Crippen LogP contribution in [0.3, 0.4) is 0 Å². The zero-order valence-corrected chi connectivity index (χ0v) is 15.1. The molecule has 1 heterocycles. The van der Waals surface area contributed by atoms with E-state index in [1.165, 1.54) is 13.2 Å². The van der Waals surface area contributed by atoms with E-state index >= 15 is 0 Å². The highest BCUT2D eigenvalue weighted by Crippen LogP contribution is 2.25. The number of methoxy groups -OCH3 is 1. The minimum Gasteiger partial charge on any atom is -0.465 e. The van der Waals surface area contributed by atoms with Gasteiger partial charge in [0.1, 0.15) is 9.77 Å². The van der Waals surface area contributed by atoms with Gasteiger partial charge in [0.25, 0.3) is 0 Å². The van der Waals surface area contributed by atoms with Crippen LogP contribution in [0, 0.1) is 0 Å². The Morgan fingerprint density at radius 1 is 1.27 bits per heavy atom. The summed E-state index contributed by atoms with van der Waals surface area (Å²) in [5.74, 6) is -0.660. The molecule has 5 nitrogen and oxygen atoms in total. The Labute approximate surface area is 141 Å². The van der Waals surface area contributed by atoms with E-state index < -0.39 is 22.0 Å². The van der Waals surface area contributed by atoms with Crippen molar-refractivity contribution in [2.75, 3.05) is 7.11 Å². The zero-order valence-electron chi connectivity index (χ0n) is 11.9. The maximum atomic E-state index is 12.5. The van der Waals surface area contributed by atoms with Gasteiger partial charge in [-0.15, -0.1) is 11.3 Å². The summed E-state index contributed by atoms with van der Waals surface area (Å²) in [5, 5.41) is 1.55. The maximum absolute atomic E-state index is 12.5. The third kappa shape index (κ3) is 3.75. The standard InChI is InChI=1S/C14H14BrNO4S2/c1-9(10-3-5-11(15)6-4-10)16-22(18,19)12-7-8-21-13(12)14(17)20-2/h3-9,16H,1-2H3. The summed E-state index contributed by atoms with van der Waals surface area (Å²) in [6, 6.07) is 8.30. The van der Waals surface area contributed by atoms with E-state index in [4.69, 9.17) is 0 Å². The van der Waals surface area contributed by atoms with Crippen molar-refractivity contribution < 1.29 is 17.9 Å². The number of hydrogen-bond donors (Lipinski definition) is 1. The topological polar surface area (TPSA) is 72.5 Å². The molecule has 0 bridgehead atoms. The van der Waals surface area contributed by atoms with Crippen molar-refractivity contribution in [3.05, 3.63) is 50.6 Å². The molecular weight excluding hydrogens is 390 g/mol.